The summed E-state index contributed by atoms with van der Waals surface area (Å²) in [5.41, 5.74) is 3.41. The quantitative estimate of drug-likeness (QED) is 0.727. The van der Waals surface area contributed by atoms with Crippen molar-refractivity contribution >= 4 is 11.8 Å². The lowest BCUT2D eigenvalue weighted by Crippen LogP contribution is -2.58. The first-order valence-electron chi connectivity index (χ1n) is 6.02. The number of piperidine rings is 1. The minimum atomic E-state index is -0.492. The van der Waals surface area contributed by atoms with Gasteiger partial charge in [-0.15, -0.1) is 0 Å². The van der Waals surface area contributed by atoms with Crippen molar-refractivity contribution in [1.82, 2.24) is 10.7 Å². The van der Waals surface area contributed by atoms with Crippen LogP contribution in [-0.4, -0.2) is 29.5 Å². The van der Waals surface area contributed by atoms with Gasteiger partial charge in [0.1, 0.15) is 0 Å². The zero-order valence-corrected chi connectivity index (χ0v) is 11.4. The first kappa shape index (κ1) is 14.0. The Hall–Kier alpha value is -1.10. The Labute approximate surface area is 103 Å². The normalized spacial score (nSPS) is 21.8. The fourth-order valence-corrected chi connectivity index (χ4v) is 2.45. The zero-order chi connectivity index (χ0) is 13.1. The van der Waals surface area contributed by atoms with Gasteiger partial charge in [-0.05, 0) is 34.6 Å². The van der Waals surface area contributed by atoms with Crippen molar-refractivity contribution in [1.29, 1.82) is 0 Å². The molecule has 0 aromatic heterocycles. The summed E-state index contributed by atoms with van der Waals surface area (Å²) in [5, 5.41) is 7.70. The number of amides is 1. The number of carbonyl (C=O) groups excluding carboxylic acids is 1. The molecular formula is C12H23N3O2. The summed E-state index contributed by atoms with van der Waals surface area (Å²) < 4.78 is 4.76. The molecule has 0 radical (unpaired) electrons. The molecule has 98 valence electrons. The summed E-state index contributed by atoms with van der Waals surface area (Å²) in [6.07, 6.45) is 1.15. The zero-order valence-electron chi connectivity index (χ0n) is 11.4. The van der Waals surface area contributed by atoms with Crippen molar-refractivity contribution in [2.24, 2.45) is 5.10 Å². The second-order valence-electron chi connectivity index (χ2n) is 5.76. The highest BCUT2D eigenvalue weighted by Crippen LogP contribution is 2.26. The second-order valence-corrected chi connectivity index (χ2v) is 5.76. The van der Waals surface area contributed by atoms with Crippen LogP contribution in [0.15, 0.2) is 5.10 Å². The summed E-state index contributed by atoms with van der Waals surface area (Å²) in [6, 6.07) is 0. The fraction of sp³-hybridized carbons (Fsp3) is 0.833. The van der Waals surface area contributed by atoms with Crippen LogP contribution in [0.5, 0.6) is 0 Å². The molecule has 0 aromatic carbocycles. The molecule has 1 aliphatic rings. The molecule has 0 unspecified atom stereocenters. The van der Waals surface area contributed by atoms with E-state index in [1.165, 1.54) is 0 Å². The third-order valence-corrected chi connectivity index (χ3v) is 2.55. The summed E-state index contributed by atoms with van der Waals surface area (Å²) in [6.45, 7) is 10.7. The molecule has 1 aliphatic heterocycles. The van der Waals surface area contributed by atoms with Crippen molar-refractivity contribution in [3.8, 4) is 0 Å². The lowest BCUT2D eigenvalue weighted by atomic mass is 9.81. The molecule has 1 rings (SSSR count). The van der Waals surface area contributed by atoms with E-state index in [4.69, 9.17) is 4.74 Å². The van der Waals surface area contributed by atoms with Crippen LogP contribution in [0.2, 0.25) is 0 Å². The molecule has 1 amide bonds. The molecule has 0 atom stereocenters. The van der Waals surface area contributed by atoms with Gasteiger partial charge in [0.15, 0.2) is 0 Å². The summed E-state index contributed by atoms with van der Waals surface area (Å²) >= 11 is 0. The van der Waals surface area contributed by atoms with Crippen LogP contribution in [0.1, 0.15) is 47.5 Å². The smallest absolute Gasteiger partial charge is 0.427 e. The van der Waals surface area contributed by atoms with E-state index in [2.05, 4.69) is 43.5 Å². The van der Waals surface area contributed by atoms with Gasteiger partial charge in [0.2, 0.25) is 0 Å². The SMILES string of the molecule is CCOC(=O)NN=C1CC(C)(C)NC(C)(C)C1. The van der Waals surface area contributed by atoms with Gasteiger partial charge in [-0.2, -0.15) is 5.10 Å². The van der Waals surface area contributed by atoms with Gasteiger partial charge < -0.3 is 10.1 Å². The standard InChI is InChI=1S/C12H23N3O2/c1-6-17-10(16)14-13-9-7-11(2,3)15-12(4,5)8-9/h15H,6-8H2,1-5H3,(H,14,16). The van der Waals surface area contributed by atoms with E-state index >= 15 is 0 Å². The molecule has 5 heteroatoms. The van der Waals surface area contributed by atoms with E-state index in [1.54, 1.807) is 6.92 Å². The van der Waals surface area contributed by atoms with E-state index in [1.807, 2.05) is 0 Å². The minimum absolute atomic E-state index is 0.00305. The van der Waals surface area contributed by atoms with Crippen molar-refractivity contribution in [3.05, 3.63) is 0 Å². The molecule has 0 bridgehead atoms. The van der Waals surface area contributed by atoms with Crippen LogP contribution in [0, 0.1) is 0 Å². The number of nitrogens with zero attached hydrogens (tertiary/aromatic N) is 1. The Kier molecular flexibility index (Phi) is 4.14. The highest BCUT2D eigenvalue weighted by atomic mass is 16.5. The lowest BCUT2D eigenvalue weighted by molar-refractivity contribution is 0.152. The monoisotopic (exact) mass is 241 g/mol. The van der Waals surface area contributed by atoms with Gasteiger partial charge in [0.25, 0.3) is 0 Å². The van der Waals surface area contributed by atoms with Gasteiger partial charge in [-0.3, -0.25) is 0 Å². The number of nitrogens with one attached hydrogen (secondary N) is 2. The third-order valence-electron chi connectivity index (χ3n) is 2.55. The van der Waals surface area contributed by atoms with Crippen molar-refractivity contribution in [3.63, 3.8) is 0 Å². The van der Waals surface area contributed by atoms with Crippen LogP contribution in [0.25, 0.3) is 0 Å². The van der Waals surface area contributed by atoms with Crippen molar-refractivity contribution < 1.29 is 9.53 Å². The van der Waals surface area contributed by atoms with Crippen LogP contribution in [0.4, 0.5) is 4.79 Å². The first-order chi connectivity index (χ1) is 7.74. The Morgan fingerprint density at radius 1 is 1.35 bits per heavy atom. The predicted molar refractivity (Wildman–Crippen MR) is 68.1 cm³/mol. The highest BCUT2D eigenvalue weighted by molar-refractivity contribution is 5.88. The molecule has 1 saturated heterocycles. The van der Waals surface area contributed by atoms with E-state index in [0.717, 1.165) is 18.6 Å². The maximum Gasteiger partial charge on any atom is 0.427 e. The molecule has 0 aromatic rings. The van der Waals surface area contributed by atoms with Gasteiger partial charge >= 0.3 is 6.09 Å². The molecule has 1 heterocycles. The Bertz CT molecular complexity index is 304. The van der Waals surface area contributed by atoms with Gasteiger partial charge in [-0.1, -0.05) is 0 Å². The average Bonchev–Trinajstić information content (AvgIpc) is 2.10. The van der Waals surface area contributed by atoms with Crippen LogP contribution in [0.3, 0.4) is 0 Å². The van der Waals surface area contributed by atoms with Crippen molar-refractivity contribution in [2.45, 2.75) is 58.5 Å². The largest absolute Gasteiger partial charge is 0.449 e. The predicted octanol–water partition coefficient (Wildman–Crippen LogP) is 2.03. The number of hydrogen-bond donors (Lipinski definition) is 2. The van der Waals surface area contributed by atoms with E-state index in [9.17, 15) is 4.79 Å². The maximum atomic E-state index is 11.2. The highest BCUT2D eigenvalue weighted by Gasteiger charge is 2.35. The summed E-state index contributed by atoms with van der Waals surface area (Å²) in [5.74, 6) is 0. The molecule has 17 heavy (non-hydrogen) atoms. The van der Waals surface area contributed by atoms with Crippen LogP contribution in [-0.2, 0) is 4.74 Å². The molecule has 0 spiro atoms. The number of hydrazone groups is 1. The Morgan fingerprint density at radius 3 is 2.35 bits per heavy atom. The molecular weight excluding hydrogens is 218 g/mol. The maximum absolute atomic E-state index is 11.2. The Morgan fingerprint density at radius 2 is 1.88 bits per heavy atom. The number of hydrogen-bond acceptors (Lipinski definition) is 4. The first-order valence-corrected chi connectivity index (χ1v) is 6.02. The molecule has 5 nitrogen and oxygen atoms in total. The second kappa shape index (κ2) is 5.04. The molecule has 1 fully saturated rings. The molecule has 0 saturated carbocycles. The van der Waals surface area contributed by atoms with E-state index < -0.39 is 6.09 Å². The molecule has 2 N–H and O–H groups in total. The summed E-state index contributed by atoms with van der Waals surface area (Å²) in [4.78, 5) is 11.2. The number of carbonyl (C=O) groups is 1. The Balaban J connectivity index is 2.64. The van der Waals surface area contributed by atoms with Gasteiger partial charge in [0.05, 0.1) is 6.61 Å². The fourth-order valence-electron chi connectivity index (χ4n) is 2.45. The lowest BCUT2D eigenvalue weighted by Gasteiger charge is -2.43. The molecule has 0 aliphatic carbocycles. The number of ether oxygens (including phenoxy) is 1. The van der Waals surface area contributed by atoms with Gasteiger partial charge in [0, 0.05) is 29.6 Å². The van der Waals surface area contributed by atoms with E-state index in [-0.39, 0.29) is 11.1 Å². The van der Waals surface area contributed by atoms with E-state index in [0.29, 0.717) is 6.61 Å². The minimum Gasteiger partial charge on any atom is -0.449 e. The van der Waals surface area contributed by atoms with Gasteiger partial charge in [-0.25, -0.2) is 10.2 Å². The average molecular weight is 241 g/mol. The van der Waals surface area contributed by atoms with Crippen LogP contribution >= 0.6 is 0 Å². The van der Waals surface area contributed by atoms with Crippen molar-refractivity contribution in [2.75, 3.05) is 6.61 Å². The van der Waals surface area contributed by atoms with Crippen LogP contribution < -0.4 is 10.7 Å². The third kappa shape index (κ3) is 4.73. The number of rotatable bonds is 2. The summed E-state index contributed by atoms with van der Waals surface area (Å²) in [7, 11) is 0. The topological polar surface area (TPSA) is 62.7 Å².